The van der Waals surface area contributed by atoms with Gasteiger partial charge in [0.1, 0.15) is 0 Å². The van der Waals surface area contributed by atoms with Gasteiger partial charge in [-0.05, 0) is 57.1 Å². The van der Waals surface area contributed by atoms with Gasteiger partial charge in [-0.1, -0.05) is 142 Å². The van der Waals surface area contributed by atoms with Gasteiger partial charge in [-0.15, -0.1) is 11.3 Å². The van der Waals surface area contributed by atoms with E-state index in [-0.39, 0.29) is 34.5 Å². The predicted octanol–water partition coefficient (Wildman–Crippen LogP) is 9.57. The van der Waals surface area contributed by atoms with E-state index in [1.807, 2.05) is 21.1 Å². The molecule has 0 fully saturated rings. The second-order valence-corrected chi connectivity index (χ2v) is 18.3. The van der Waals surface area contributed by atoms with Crippen LogP contribution in [0.4, 0.5) is 11.4 Å². The lowest BCUT2D eigenvalue weighted by Crippen LogP contribution is -2.33. The first-order valence-electron chi connectivity index (χ1n) is 18.3. The van der Waals surface area contributed by atoms with Crippen molar-refractivity contribution >= 4 is 56.4 Å². The summed E-state index contributed by atoms with van der Waals surface area (Å²) in [5.74, 6) is 0.634. The molecule has 5 aromatic rings. The Morgan fingerprint density at radius 1 is 0.529 bits per heavy atom. The zero-order valence-corrected chi connectivity index (χ0v) is 32.6. The summed E-state index contributed by atoms with van der Waals surface area (Å²) in [6, 6.07) is 29.9. The molecule has 0 bridgehead atoms. The summed E-state index contributed by atoms with van der Waals surface area (Å²) >= 11 is 1.83. The van der Waals surface area contributed by atoms with Crippen LogP contribution in [0.1, 0.15) is 90.8 Å². The normalized spacial score (nSPS) is 14.9. The molecular weight excluding hydrogens is 645 g/mol. The topological polar surface area (TPSA) is 40.6 Å². The number of fused-ring (bicyclic) bond motifs is 5. The molecule has 2 aliphatic heterocycles. The van der Waals surface area contributed by atoms with Crippen molar-refractivity contribution in [2.45, 2.75) is 80.1 Å². The van der Waals surface area contributed by atoms with Crippen molar-refractivity contribution in [3.63, 3.8) is 0 Å². The van der Waals surface area contributed by atoms with Gasteiger partial charge >= 0.3 is 0 Å². The summed E-state index contributed by atoms with van der Waals surface area (Å²) in [7, 11) is 0. The number of rotatable bonds is 7. The molecule has 0 radical (unpaired) electrons. The number of benzene rings is 4. The Hall–Kier alpha value is -4.48. The number of nitrogens with zero attached hydrogens (tertiary/aromatic N) is 2. The van der Waals surface area contributed by atoms with Crippen LogP contribution in [-0.2, 0) is 20.4 Å². The average Bonchev–Trinajstić information content (AvgIpc) is 3.74. The van der Waals surface area contributed by atoms with E-state index in [9.17, 15) is 9.59 Å². The molecule has 3 heterocycles. The maximum absolute atomic E-state index is 14.5. The number of carbonyl (C=O) groups is 2. The third kappa shape index (κ3) is 6.14. The van der Waals surface area contributed by atoms with Gasteiger partial charge in [0.15, 0.2) is 0 Å². The number of hydrogen-bond donors (Lipinski definition) is 0. The third-order valence-electron chi connectivity index (χ3n) is 10.1. The van der Waals surface area contributed by atoms with Crippen LogP contribution in [0.15, 0.2) is 84.9 Å². The Morgan fingerprint density at radius 2 is 0.961 bits per heavy atom. The lowest BCUT2D eigenvalue weighted by atomic mass is 9.86. The second kappa shape index (κ2) is 12.6. The minimum atomic E-state index is 0.0263. The molecule has 4 aromatic carbocycles. The van der Waals surface area contributed by atoms with Crippen LogP contribution in [0, 0.1) is 11.8 Å². The van der Waals surface area contributed by atoms with E-state index in [0.717, 1.165) is 60.4 Å². The Balaban J connectivity index is 1.41. The molecule has 0 saturated heterocycles. The molecular formula is C46H50N2O2S. The van der Waals surface area contributed by atoms with Gasteiger partial charge in [0.2, 0.25) is 0 Å². The second-order valence-electron chi connectivity index (χ2n) is 17.2. The summed E-state index contributed by atoms with van der Waals surface area (Å²) in [4.78, 5) is 35.4. The third-order valence-corrected chi connectivity index (χ3v) is 11.6. The quantitative estimate of drug-likeness (QED) is 0.170. The molecule has 262 valence electrons. The molecule has 0 spiro atoms. The molecule has 0 aliphatic carbocycles. The Morgan fingerprint density at radius 3 is 1.35 bits per heavy atom. The zero-order chi connectivity index (χ0) is 36.6. The van der Waals surface area contributed by atoms with Gasteiger partial charge in [0.05, 0.1) is 22.5 Å². The molecule has 0 atom stereocenters. The lowest BCUT2D eigenvalue weighted by molar-refractivity contribution is -0.114. The van der Waals surface area contributed by atoms with Crippen LogP contribution < -0.4 is 20.2 Å². The van der Waals surface area contributed by atoms with E-state index in [4.69, 9.17) is 0 Å². The zero-order valence-electron chi connectivity index (χ0n) is 31.8. The maximum atomic E-state index is 14.5. The van der Waals surface area contributed by atoms with Crippen molar-refractivity contribution in [3.05, 3.63) is 117 Å². The molecule has 2 aliphatic rings. The molecule has 0 N–H and O–H groups in total. The average molecular weight is 695 g/mol. The molecule has 2 amide bonds. The summed E-state index contributed by atoms with van der Waals surface area (Å²) in [6.07, 6.45) is 0. The van der Waals surface area contributed by atoms with E-state index >= 15 is 0 Å². The largest absolute Gasteiger partial charge is 0.307 e. The molecule has 0 saturated carbocycles. The Kier molecular flexibility index (Phi) is 8.65. The molecule has 51 heavy (non-hydrogen) atoms. The summed E-state index contributed by atoms with van der Waals surface area (Å²) < 4.78 is 0. The lowest BCUT2D eigenvalue weighted by Gasteiger charge is -2.25. The monoisotopic (exact) mass is 694 g/mol. The van der Waals surface area contributed by atoms with Crippen molar-refractivity contribution in [2.24, 2.45) is 11.8 Å². The number of carbonyl (C=O) groups excluding carboxylic acids is 2. The highest BCUT2D eigenvalue weighted by atomic mass is 32.1. The van der Waals surface area contributed by atoms with Crippen molar-refractivity contribution < 1.29 is 9.59 Å². The Bertz CT molecular complexity index is 2310. The first kappa shape index (κ1) is 34.9. The van der Waals surface area contributed by atoms with Gasteiger partial charge in [-0.2, -0.15) is 0 Å². The highest BCUT2D eigenvalue weighted by Gasteiger charge is 2.36. The summed E-state index contributed by atoms with van der Waals surface area (Å²) in [5, 5.41) is 3.92. The van der Waals surface area contributed by atoms with Crippen molar-refractivity contribution in [1.29, 1.82) is 0 Å². The van der Waals surface area contributed by atoms with Gasteiger partial charge in [0.25, 0.3) is 11.8 Å². The van der Waals surface area contributed by atoms with Crippen molar-refractivity contribution in [1.82, 2.24) is 0 Å². The van der Waals surface area contributed by atoms with Crippen LogP contribution in [-0.4, -0.2) is 24.9 Å². The molecule has 5 heteroatoms. The minimum absolute atomic E-state index is 0.0263. The van der Waals surface area contributed by atoms with E-state index in [1.165, 1.54) is 15.3 Å². The van der Waals surface area contributed by atoms with Crippen LogP contribution in [0.5, 0.6) is 0 Å². The predicted molar refractivity (Wildman–Crippen MR) is 216 cm³/mol. The van der Waals surface area contributed by atoms with E-state index in [1.54, 1.807) is 0 Å². The molecule has 1 aromatic heterocycles. The fourth-order valence-corrected chi connectivity index (χ4v) is 8.60. The van der Waals surface area contributed by atoms with Crippen LogP contribution >= 0.6 is 11.3 Å². The van der Waals surface area contributed by atoms with Crippen molar-refractivity contribution in [2.75, 3.05) is 22.9 Å². The van der Waals surface area contributed by atoms with Crippen LogP contribution in [0.3, 0.4) is 0 Å². The standard InChI is InChI=1S/C46H50N2O2S/c1-27(2)25-47-41-33-20-22-36-40(31-15-17-32(18-16-31)45(5,6)7)44(50)48(26-28(3)4)42(36)34(33)19-21-35(41)39(43(47)49)30-13-11-29(12-14-30)37-23-24-38(51-37)46(8,9)10/h11-24,27-28H,25-26H2,1-10H3. The fraction of sp³-hybridized carbons (Fsp3) is 0.348. The van der Waals surface area contributed by atoms with Gasteiger partial charge in [-0.25, -0.2) is 0 Å². The first-order valence-corrected chi connectivity index (χ1v) is 19.2. The summed E-state index contributed by atoms with van der Waals surface area (Å²) in [6.45, 7) is 23.2. The van der Waals surface area contributed by atoms with Crippen LogP contribution in [0.25, 0.3) is 32.4 Å². The molecule has 7 rings (SSSR count). The highest BCUT2D eigenvalue weighted by molar-refractivity contribution is 7.15. The van der Waals surface area contributed by atoms with Gasteiger partial charge in [-0.3, -0.25) is 9.59 Å². The van der Waals surface area contributed by atoms with Crippen molar-refractivity contribution in [3.8, 4) is 10.4 Å². The molecule has 0 unspecified atom stereocenters. The number of thiophene rings is 1. The minimum Gasteiger partial charge on any atom is -0.307 e. The highest BCUT2D eigenvalue weighted by Crippen LogP contribution is 2.40. The van der Waals surface area contributed by atoms with Crippen LogP contribution in [0.2, 0.25) is 0 Å². The number of amides is 2. The number of anilines is 2. The first-order chi connectivity index (χ1) is 24.0. The maximum Gasteiger partial charge on any atom is 0.259 e. The summed E-state index contributed by atoms with van der Waals surface area (Å²) in [5.41, 5.74) is 7.78. The molecule has 4 nitrogen and oxygen atoms in total. The fourth-order valence-electron chi connectivity index (χ4n) is 7.53. The van der Waals surface area contributed by atoms with E-state index in [2.05, 4.69) is 154 Å². The Labute approximate surface area is 307 Å². The SMILES string of the molecule is CC(C)CN1C(=O)C(c2ccc(-c3ccc(C(C)(C)C)s3)cc2)=c2ccc3c4c(ccc3c21)=C(c1ccc(C(C)(C)C)cc1)C(=O)N4CC(C)C. The van der Waals surface area contributed by atoms with E-state index < -0.39 is 0 Å². The number of hydrogen-bond acceptors (Lipinski definition) is 3. The van der Waals surface area contributed by atoms with E-state index in [0.29, 0.717) is 13.1 Å². The van der Waals surface area contributed by atoms with Gasteiger partial charge < -0.3 is 9.80 Å². The van der Waals surface area contributed by atoms with Gasteiger partial charge in [0, 0.05) is 44.1 Å². The smallest absolute Gasteiger partial charge is 0.259 e.